The van der Waals surface area contributed by atoms with E-state index in [9.17, 15) is 9.18 Å². The van der Waals surface area contributed by atoms with Crippen molar-refractivity contribution < 1.29 is 9.18 Å². The molecule has 0 unspecified atom stereocenters. The molecule has 4 heteroatoms. The van der Waals surface area contributed by atoms with Crippen LogP contribution < -0.4 is 5.73 Å². The summed E-state index contributed by atoms with van der Waals surface area (Å²) < 4.78 is 13.4. The molecule has 0 saturated carbocycles. The summed E-state index contributed by atoms with van der Waals surface area (Å²) in [7, 11) is 0. The lowest BCUT2D eigenvalue weighted by atomic mass is 9.92. The minimum absolute atomic E-state index is 0.0171. The SMILES string of the molecule is C=C(CCCc1cccc(F)c1)\C(=C/C(N)=C(/C=C/C)CC)C(=O)CCc1cccnc1. The highest BCUT2D eigenvalue weighted by atomic mass is 19.1. The Labute approximate surface area is 191 Å². The average Bonchev–Trinajstić information content (AvgIpc) is 2.80. The van der Waals surface area contributed by atoms with Crippen molar-refractivity contribution in [1.82, 2.24) is 4.98 Å². The minimum Gasteiger partial charge on any atom is -0.398 e. The van der Waals surface area contributed by atoms with Crippen molar-refractivity contribution in [2.24, 2.45) is 5.73 Å². The molecule has 0 radical (unpaired) electrons. The average molecular weight is 433 g/mol. The largest absolute Gasteiger partial charge is 0.398 e. The maximum absolute atomic E-state index is 13.4. The highest BCUT2D eigenvalue weighted by Gasteiger charge is 2.14. The molecule has 0 amide bonds. The first kappa shape index (κ1) is 25.0. The number of rotatable bonds is 12. The van der Waals surface area contributed by atoms with Crippen molar-refractivity contribution in [1.29, 1.82) is 0 Å². The van der Waals surface area contributed by atoms with Crippen LogP contribution in [-0.4, -0.2) is 10.8 Å². The van der Waals surface area contributed by atoms with E-state index < -0.39 is 0 Å². The molecule has 32 heavy (non-hydrogen) atoms. The number of pyridine rings is 1. The van der Waals surface area contributed by atoms with Gasteiger partial charge in [-0.15, -0.1) is 0 Å². The number of allylic oxidation sites excluding steroid dienone is 6. The van der Waals surface area contributed by atoms with Crippen LogP contribution in [0.4, 0.5) is 4.39 Å². The third-order valence-electron chi connectivity index (χ3n) is 5.30. The molecule has 0 aliphatic heterocycles. The van der Waals surface area contributed by atoms with Crippen molar-refractivity contribution in [2.75, 3.05) is 0 Å². The third-order valence-corrected chi connectivity index (χ3v) is 5.30. The lowest BCUT2D eigenvalue weighted by Gasteiger charge is -2.12. The van der Waals surface area contributed by atoms with Crippen molar-refractivity contribution >= 4 is 5.78 Å². The van der Waals surface area contributed by atoms with Crippen LogP contribution >= 0.6 is 0 Å². The number of Topliss-reactive ketones (excluding diaryl/α,β-unsaturated/α-hetero) is 1. The standard InChI is InChI=1S/C28H33FN2O/c1-4-9-24(5-2)27(30)19-26(28(32)16-15-23-13-8-17-31-20-23)21(3)10-6-11-22-12-7-14-25(29)18-22/h4,7-9,12-14,17-20H,3,5-6,10-11,15-16,30H2,1-2H3/b9-4+,26-19+,27-24-. The number of nitrogens with two attached hydrogens (primary N) is 1. The third kappa shape index (κ3) is 8.10. The summed E-state index contributed by atoms with van der Waals surface area (Å²) in [6, 6.07) is 10.4. The smallest absolute Gasteiger partial charge is 0.163 e. The Bertz CT molecular complexity index is 1000. The number of ketones is 1. The fourth-order valence-electron chi connectivity index (χ4n) is 3.52. The van der Waals surface area contributed by atoms with Gasteiger partial charge in [0.2, 0.25) is 0 Å². The van der Waals surface area contributed by atoms with E-state index in [4.69, 9.17) is 5.73 Å². The van der Waals surface area contributed by atoms with Crippen LogP contribution in [0.25, 0.3) is 0 Å². The number of halogens is 1. The summed E-state index contributed by atoms with van der Waals surface area (Å²) in [6.07, 6.45) is 13.1. The highest BCUT2D eigenvalue weighted by molar-refractivity contribution is 6.00. The molecule has 0 aliphatic carbocycles. The summed E-state index contributed by atoms with van der Waals surface area (Å²) in [5.74, 6) is -0.218. The highest BCUT2D eigenvalue weighted by Crippen LogP contribution is 2.22. The van der Waals surface area contributed by atoms with E-state index in [1.165, 1.54) is 6.07 Å². The summed E-state index contributed by atoms with van der Waals surface area (Å²) in [5, 5.41) is 0. The Hall–Kier alpha value is -3.27. The van der Waals surface area contributed by atoms with Gasteiger partial charge in [0.1, 0.15) is 5.82 Å². The lowest BCUT2D eigenvalue weighted by molar-refractivity contribution is -0.115. The Morgan fingerprint density at radius 2 is 1.94 bits per heavy atom. The molecule has 0 saturated heterocycles. The molecule has 1 heterocycles. The van der Waals surface area contributed by atoms with E-state index in [0.29, 0.717) is 30.5 Å². The van der Waals surface area contributed by atoms with Gasteiger partial charge in [0.25, 0.3) is 0 Å². The Balaban J connectivity index is 2.16. The zero-order valence-corrected chi connectivity index (χ0v) is 19.1. The van der Waals surface area contributed by atoms with E-state index in [-0.39, 0.29) is 11.6 Å². The van der Waals surface area contributed by atoms with Gasteiger partial charge in [-0.1, -0.05) is 43.9 Å². The summed E-state index contributed by atoms with van der Waals surface area (Å²) in [6.45, 7) is 8.17. The first-order chi connectivity index (χ1) is 15.4. The van der Waals surface area contributed by atoms with Gasteiger partial charge in [0, 0.05) is 30.1 Å². The molecule has 0 spiro atoms. The van der Waals surface area contributed by atoms with Gasteiger partial charge in [-0.3, -0.25) is 9.78 Å². The molecular weight excluding hydrogens is 399 g/mol. The van der Waals surface area contributed by atoms with Gasteiger partial charge in [-0.2, -0.15) is 0 Å². The van der Waals surface area contributed by atoms with Gasteiger partial charge in [-0.25, -0.2) is 4.39 Å². The van der Waals surface area contributed by atoms with Crippen molar-refractivity contribution in [2.45, 2.75) is 52.4 Å². The fraction of sp³-hybridized carbons (Fsp3) is 0.286. The molecule has 1 aromatic carbocycles. The number of aryl methyl sites for hydroxylation is 2. The normalized spacial score (nSPS) is 12.7. The summed E-state index contributed by atoms with van der Waals surface area (Å²) in [5.41, 5.74) is 11.2. The van der Waals surface area contributed by atoms with E-state index in [2.05, 4.69) is 11.6 Å². The number of carbonyl (C=O) groups excluding carboxylic acids is 1. The van der Waals surface area contributed by atoms with Gasteiger partial charge >= 0.3 is 0 Å². The molecule has 2 aromatic rings. The predicted octanol–water partition coefficient (Wildman–Crippen LogP) is 6.43. The van der Waals surface area contributed by atoms with Crippen molar-refractivity contribution in [3.63, 3.8) is 0 Å². The van der Waals surface area contributed by atoms with Crippen LogP contribution in [-0.2, 0) is 17.6 Å². The quantitative estimate of drug-likeness (QED) is 0.311. The second-order valence-corrected chi connectivity index (χ2v) is 7.76. The Kier molecular flexibility index (Phi) is 10.3. The van der Waals surface area contributed by atoms with Crippen LogP contribution in [0.1, 0.15) is 50.7 Å². The molecule has 0 fully saturated rings. The summed E-state index contributed by atoms with van der Waals surface area (Å²) >= 11 is 0. The summed E-state index contributed by atoms with van der Waals surface area (Å²) in [4.78, 5) is 17.3. The van der Waals surface area contributed by atoms with Crippen LogP contribution in [0.3, 0.4) is 0 Å². The maximum Gasteiger partial charge on any atom is 0.163 e. The molecule has 3 nitrogen and oxygen atoms in total. The van der Waals surface area contributed by atoms with E-state index >= 15 is 0 Å². The number of nitrogens with zero attached hydrogens (tertiary/aromatic N) is 1. The molecule has 0 bridgehead atoms. The molecule has 0 atom stereocenters. The van der Waals surface area contributed by atoms with Gasteiger partial charge in [0.05, 0.1) is 0 Å². The van der Waals surface area contributed by atoms with E-state index in [1.54, 1.807) is 30.6 Å². The second kappa shape index (κ2) is 13.2. The number of aromatic nitrogens is 1. The second-order valence-electron chi connectivity index (χ2n) is 7.76. The van der Waals surface area contributed by atoms with Gasteiger partial charge < -0.3 is 5.73 Å². The number of benzene rings is 1. The zero-order valence-electron chi connectivity index (χ0n) is 19.1. The van der Waals surface area contributed by atoms with Crippen LogP contribution in [0.2, 0.25) is 0 Å². The first-order valence-corrected chi connectivity index (χ1v) is 11.1. The monoisotopic (exact) mass is 432 g/mol. The minimum atomic E-state index is -0.235. The maximum atomic E-state index is 13.4. The van der Waals surface area contributed by atoms with Crippen molar-refractivity contribution in [3.8, 4) is 0 Å². The first-order valence-electron chi connectivity index (χ1n) is 11.1. The molecule has 2 N–H and O–H groups in total. The number of hydrogen-bond donors (Lipinski definition) is 1. The molecule has 0 aliphatic rings. The zero-order chi connectivity index (χ0) is 23.3. The van der Waals surface area contributed by atoms with Gasteiger partial charge in [0.15, 0.2) is 5.78 Å². The van der Waals surface area contributed by atoms with Crippen LogP contribution in [0.5, 0.6) is 0 Å². The molecule has 2 rings (SSSR count). The van der Waals surface area contributed by atoms with Crippen molar-refractivity contribution in [3.05, 3.63) is 113 Å². The lowest BCUT2D eigenvalue weighted by Crippen LogP contribution is -2.10. The molecule has 1 aromatic heterocycles. The van der Waals surface area contributed by atoms with E-state index in [0.717, 1.165) is 41.5 Å². The fourth-order valence-corrected chi connectivity index (χ4v) is 3.52. The Morgan fingerprint density at radius 1 is 1.16 bits per heavy atom. The van der Waals surface area contributed by atoms with E-state index in [1.807, 2.05) is 44.2 Å². The van der Waals surface area contributed by atoms with Crippen LogP contribution in [0, 0.1) is 5.82 Å². The molecule has 168 valence electrons. The predicted molar refractivity (Wildman–Crippen MR) is 130 cm³/mol. The topological polar surface area (TPSA) is 56.0 Å². The number of hydrogen-bond acceptors (Lipinski definition) is 3. The van der Waals surface area contributed by atoms with Crippen LogP contribution in [0.15, 0.2) is 96.0 Å². The number of carbonyl (C=O) groups is 1. The molecular formula is C28H33FN2O. The Morgan fingerprint density at radius 3 is 2.59 bits per heavy atom. The van der Waals surface area contributed by atoms with Gasteiger partial charge in [-0.05, 0) is 85.6 Å².